The zero-order valence-corrected chi connectivity index (χ0v) is 8.35. The maximum atomic E-state index is 5.93. The largest absolute Gasteiger partial charge is 0.0891 e. The maximum Gasteiger partial charge on any atom is 0.0190 e. The van der Waals surface area contributed by atoms with Crippen molar-refractivity contribution in [3.05, 3.63) is 41.4 Å². The Labute approximate surface area is 79.0 Å². The summed E-state index contributed by atoms with van der Waals surface area (Å²) in [5.74, 6) is 0. The predicted octanol–water partition coefficient (Wildman–Crippen LogP) is 2.93. The Kier molecular flexibility index (Phi) is 2.48. The van der Waals surface area contributed by atoms with Gasteiger partial charge >= 0.3 is 0 Å². The predicted molar refractivity (Wildman–Crippen MR) is 56.7 cm³/mol. The van der Waals surface area contributed by atoms with E-state index in [1.807, 2.05) is 0 Å². The van der Waals surface area contributed by atoms with Crippen LogP contribution in [-0.4, -0.2) is 12.3 Å². The zero-order valence-electron chi connectivity index (χ0n) is 6.70. The van der Waals surface area contributed by atoms with Gasteiger partial charge < -0.3 is 0 Å². The van der Waals surface area contributed by atoms with E-state index in [0.717, 1.165) is 17.4 Å². The van der Waals surface area contributed by atoms with E-state index < -0.39 is 0 Å². The molecule has 1 aliphatic heterocycles. The summed E-state index contributed by atoms with van der Waals surface area (Å²) >= 11 is 5.93. The van der Waals surface area contributed by atoms with E-state index >= 15 is 0 Å². The van der Waals surface area contributed by atoms with E-state index in [9.17, 15) is 0 Å². The maximum absolute atomic E-state index is 5.93. The molecule has 12 heavy (non-hydrogen) atoms. The highest BCUT2D eigenvalue weighted by atomic mass is 35.5. The first-order chi connectivity index (χ1) is 5.86. The van der Waals surface area contributed by atoms with Gasteiger partial charge in [-0.15, -0.1) is 0 Å². The van der Waals surface area contributed by atoms with Crippen molar-refractivity contribution in [2.45, 2.75) is 0 Å². The Hall–Kier alpha value is -0.320. The fourth-order valence-corrected chi connectivity index (χ4v) is 4.02. The average molecular weight is 197 g/mol. The van der Waals surface area contributed by atoms with Gasteiger partial charge in [0.2, 0.25) is 0 Å². The van der Waals surface area contributed by atoms with Gasteiger partial charge in [0, 0.05) is 11.2 Å². The lowest BCUT2D eigenvalue weighted by Crippen LogP contribution is -2.00. The molecule has 0 aliphatic carbocycles. The summed E-state index contributed by atoms with van der Waals surface area (Å²) < 4.78 is 0. The summed E-state index contributed by atoms with van der Waals surface area (Å²) in [5.41, 5.74) is 0. The molecule has 0 aromatic heterocycles. The first-order valence-corrected chi connectivity index (χ1v) is 6.10. The quantitative estimate of drug-likeness (QED) is 0.606. The summed E-state index contributed by atoms with van der Waals surface area (Å²) in [6.45, 7) is 0. The molecule has 1 heterocycles. The molecule has 2 rings (SSSR count). The highest BCUT2D eigenvalue weighted by molar-refractivity contribution is 7.66. The van der Waals surface area contributed by atoms with Crippen molar-refractivity contribution in [2.24, 2.45) is 0 Å². The van der Waals surface area contributed by atoms with Crippen molar-refractivity contribution >= 4 is 24.8 Å². The van der Waals surface area contributed by atoms with Crippen molar-refractivity contribution in [1.82, 2.24) is 0 Å². The molecular formula is C10H10ClP. The van der Waals surface area contributed by atoms with Crippen LogP contribution in [0, 0.1) is 0 Å². The summed E-state index contributed by atoms with van der Waals surface area (Å²) in [5, 5.41) is 2.52. The molecule has 1 unspecified atom stereocenters. The minimum atomic E-state index is -0.00412. The molecule has 0 fully saturated rings. The highest BCUT2D eigenvalue weighted by Gasteiger charge is 2.15. The van der Waals surface area contributed by atoms with Crippen LogP contribution in [0.1, 0.15) is 0 Å². The molecule has 1 aromatic carbocycles. The topological polar surface area (TPSA) is 0 Å². The third kappa shape index (κ3) is 1.71. The molecule has 2 heteroatoms. The number of hydrogen-bond donors (Lipinski definition) is 0. The lowest BCUT2D eigenvalue weighted by atomic mass is 10.4. The first kappa shape index (κ1) is 8.29. The van der Waals surface area contributed by atoms with Gasteiger partial charge in [-0.2, -0.15) is 0 Å². The number of benzene rings is 1. The molecule has 0 saturated heterocycles. The van der Waals surface area contributed by atoms with E-state index in [1.54, 1.807) is 0 Å². The molecule has 0 amide bonds. The molecule has 1 aliphatic rings. The van der Waals surface area contributed by atoms with Crippen LogP contribution in [0.4, 0.5) is 0 Å². The normalized spacial score (nSPS) is 22.4. The van der Waals surface area contributed by atoms with E-state index in [1.165, 1.54) is 5.30 Å². The SMILES string of the molecule is ClC1=CCP(c2ccccc2)C1. The third-order valence-corrected chi connectivity index (χ3v) is 4.84. The Balaban J connectivity index is 2.14. The van der Waals surface area contributed by atoms with Crippen molar-refractivity contribution in [1.29, 1.82) is 0 Å². The lowest BCUT2D eigenvalue weighted by molar-refractivity contribution is 1.71. The number of hydrogen-bond acceptors (Lipinski definition) is 0. The summed E-state index contributed by atoms with van der Waals surface area (Å²) in [6, 6.07) is 10.7. The Bertz CT molecular complexity index is 292. The van der Waals surface area contributed by atoms with Crippen LogP contribution in [-0.2, 0) is 0 Å². The fourth-order valence-electron chi connectivity index (χ4n) is 1.36. The van der Waals surface area contributed by atoms with Crippen LogP contribution in [0.2, 0.25) is 0 Å². The molecule has 62 valence electrons. The van der Waals surface area contributed by atoms with Crippen LogP contribution in [0.25, 0.3) is 0 Å². The van der Waals surface area contributed by atoms with Gasteiger partial charge in [0.25, 0.3) is 0 Å². The zero-order chi connectivity index (χ0) is 8.39. The summed E-state index contributed by atoms with van der Waals surface area (Å²) in [4.78, 5) is 0. The van der Waals surface area contributed by atoms with Crippen molar-refractivity contribution < 1.29 is 0 Å². The van der Waals surface area contributed by atoms with Gasteiger partial charge in [-0.1, -0.05) is 55.9 Å². The van der Waals surface area contributed by atoms with Gasteiger partial charge in [0.1, 0.15) is 0 Å². The smallest absolute Gasteiger partial charge is 0.0190 e. The standard InChI is InChI=1S/C10H10ClP/c11-9-6-7-12(8-9)10-4-2-1-3-5-10/h1-6H,7-8H2. The molecule has 0 N–H and O–H groups in total. The minimum absolute atomic E-state index is 0.00412. The second kappa shape index (κ2) is 3.60. The van der Waals surface area contributed by atoms with E-state index in [0.29, 0.717) is 0 Å². The minimum Gasteiger partial charge on any atom is -0.0891 e. The van der Waals surface area contributed by atoms with Gasteiger partial charge in [-0.05, 0) is 11.5 Å². The Morgan fingerprint density at radius 2 is 1.92 bits per heavy atom. The van der Waals surface area contributed by atoms with Crippen LogP contribution in [0.15, 0.2) is 41.4 Å². The molecule has 1 aromatic rings. The molecule has 0 spiro atoms. The molecule has 0 nitrogen and oxygen atoms in total. The molecule has 0 bridgehead atoms. The van der Waals surface area contributed by atoms with Crippen LogP contribution in [0.3, 0.4) is 0 Å². The molecule has 0 radical (unpaired) electrons. The van der Waals surface area contributed by atoms with Gasteiger partial charge in [0.05, 0.1) is 0 Å². The number of rotatable bonds is 1. The van der Waals surface area contributed by atoms with Gasteiger partial charge in [-0.25, -0.2) is 0 Å². The molecule has 1 atom stereocenters. The Morgan fingerprint density at radius 1 is 1.17 bits per heavy atom. The summed E-state index contributed by atoms with van der Waals surface area (Å²) in [7, 11) is -0.00412. The first-order valence-electron chi connectivity index (χ1n) is 4.01. The van der Waals surface area contributed by atoms with E-state index in [2.05, 4.69) is 36.4 Å². The van der Waals surface area contributed by atoms with Gasteiger partial charge in [0.15, 0.2) is 0 Å². The second-order valence-electron chi connectivity index (χ2n) is 2.87. The number of allylic oxidation sites excluding steroid dienone is 2. The van der Waals surface area contributed by atoms with Crippen LogP contribution in [0.5, 0.6) is 0 Å². The number of halogens is 1. The van der Waals surface area contributed by atoms with Crippen LogP contribution < -0.4 is 5.30 Å². The second-order valence-corrected chi connectivity index (χ2v) is 5.63. The summed E-state index contributed by atoms with van der Waals surface area (Å²) in [6.07, 6.45) is 4.40. The fraction of sp³-hybridized carbons (Fsp3) is 0.200. The van der Waals surface area contributed by atoms with E-state index in [4.69, 9.17) is 11.6 Å². The van der Waals surface area contributed by atoms with Crippen molar-refractivity contribution in [2.75, 3.05) is 12.3 Å². The average Bonchev–Trinajstić information content (AvgIpc) is 2.54. The molecule has 0 saturated carbocycles. The highest BCUT2D eigenvalue weighted by Crippen LogP contribution is 2.42. The monoisotopic (exact) mass is 196 g/mol. The third-order valence-electron chi connectivity index (χ3n) is 2.00. The van der Waals surface area contributed by atoms with E-state index in [-0.39, 0.29) is 7.92 Å². The van der Waals surface area contributed by atoms with Crippen molar-refractivity contribution in [3.63, 3.8) is 0 Å². The Morgan fingerprint density at radius 3 is 2.50 bits per heavy atom. The van der Waals surface area contributed by atoms with Crippen molar-refractivity contribution in [3.8, 4) is 0 Å². The lowest BCUT2D eigenvalue weighted by Gasteiger charge is -2.09. The van der Waals surface area contributed by atoms with Crippen LogP contribution >= 0.6 is 19.5 Å². The van der Waals surface area contributed by atoms with Gasteiger partial charge in [-0.3, -0.25) is 0 Å². The molecular weight excluding hydrogens is 187 g/mol.